The number of nitrogens with one attached hydrogen (secondary N) is 1. The minimum Gasteiger partial charge on any atom is -0.889 e. The number of hydrogen-bond donors (Lipinski definition) is 1. The average molecular weight is 705 g/mol. The zero-order valence-corrected chi connectivity index (χ0v) is 23.9. The van der Waals surface area contributed by atoms with Crippen LogP contribution in [0.15, 0.2) is 47.7 Å². The molecule has 40 heavy (non-hydrogen) atoms. The number of amides is 1. The normalized spacial score (nSPS) is 10.8. The first-order valence-corrected chi connectivity index (χ1v) is 13.9. The van der Waals surface area contributed by atoms with Gasteiger partial charge in [-0.25, -0.2) is 5.88 Å². The van der Waals surface area contributed by atoms with E-state index in [1.165, 1.54) is 17.2 Å². The van der Waals surface area contributed by atoms with Gasteiger partial charge in [-0.05, 0) is 0 Å². The van der Waals surface area contributed by atoms with Crippen molar-refractivity contribution in [2.75, 3.05) is 34.1 Å². The summed E-state index contributed by atoms with van der Waals surface area (Å²) in [4.78, 5) is 52.5. The van der Waals surface area contributed by atoms with E-state index in [1.807, 2.05) is 0 Å². The number of nitro groups is 4. The van der Waals surface area contributed by atoms with Gasteiger partial charge in [0.25, 0.3) is 22.7 Å². The number of hydrogen-bond acceptors (Lipinski definition) is 13. The molecule has 2 aromatic rings. The van der Waals surface area contributed by atoms with Gasteiger partial charge >= 0.3 is 20.4 Å². The average Bonchev–Trinajstić information content (AvgIpc) is 2.87. The predicted octanol–water partition coefficient (Wildman–Crippen LogP) is 4.32. The molecule has 2 aromatic carbocycles. The molecule has 2 rings (SSSR count). The fourth-order valence-electron chi connectivity index (χ4n) is 2.71. The maximum absolute atomic E-state index is 12.1. The van der Waals surface area contributed by atoms with E-state index in [4.69, 9.17) is 0 Å². The van der Waals surface area contributed by atoms with Crippen LogP contribution >= 0.6 is 35.3 Å². The Labute approximate surface area is 252 Å². The minimum atomic E-state index is -0.817. The summed E-state index contributed by atoms with van der Waals surface area (Å²) in [5, 5.41) is 62.8. The molecule has 216 valence electrons. The van der Waals surface area contributed by atoms with E-state index in [1.54, 1.807) is 11.8 Å². The smallest absolute Gasteiger partial charge is 0.889 e. The van der Waals surface area contributed by atoms with Crippen molar-refractivity contribution in [2.45, 2.75) is 0 Å². The molecule has 0 saturated carbocycles. The molecule has 0 aliphatic rings. The second kappa shape index (κ2) is 17.3. The molecule has 0 radical (unpaired) electrons. The van der Waals surface area contributed by atoms with Crippen LogP contribution in [0.4, 0.5) is 34.1 Å². The predicted molar refractivity (Wildman–Crippen MR) is 146 cm³/mol. The van der Waals surface area contributed by atoms with Crippen LogP contribution in [0.25, 0.3) is 5.32 Å². The topological polar surface area (TPSA) is 239 Å². The van der Waals surface area contributed by atoms with E-state index in [0.29, 0.717) is 23.0 Å². The SMILES string of the molecule is O=C(CSCCSCCS/C=C(\[O-])[N-]c1cc([N+](=O)[O-])cc([N+](=O)[O-])c1)Nc1cc([N+](=O)[O-])cc([N+](=O)[O-])c1.[Pd+2]. The summed E-state index contributed by atoms with van der Waals surface area (Å²) in [6.45, 7) is 0. The Morgan fingerprint density at radius 3 is 1.70 bits per heavy atom. The third-order valence-corrected chi connectivity index (χ3v) is 7.56. The molecule has 0 spiro atoms. The third-order valence-electron chi connectivity index (χ3n) is 4.29. The van der Waals surface area contributed by atoms with Crippen molar-refractivity contribution in [3.8, 4) is 0 Å². The number of anilines is 1. The Bertz CT molecular complexity index is 1240. The van der Waals surface area contributed by atoms with E-state index >= 15 is 0 Å². The van der Waals surface area contributed by atoms with Crippen LogP contribution in [-0.2, 0) is 25.2 Å². The number of nitro benzene ring substituents is 4. The summed E-state index contributed by atoms with van der Waals surface area (Å²) in [6, 6.07) is 5.57. The van der Waals surface area contributed by atoms with E-state index < -0.39 is 54.2 Å². The molecular formula is C20H18N6O10PdS3. The van der Waals surface area contributed by atoms with E-state index in [0.717, 1.165) is 48.2 Å². The van der Waals surface area contributed by atoms with Gasteiger partial charge in [0.1, 0.15) is 0 Å². The standard InChI is InChI=1S/C20H19N6O10S3.Pd/c27-19(21-13-5-15(23(29)30)9-16(6-13)24(31)32)11-38-3-1-37-2-4-39-12-20(28)22-14-7-17(25(33)34)10-18(8-14)26(35)36;/h5-11,27H,1-4,12H2,(H,22,28);/q-1;+2/p-1/b19-11-;. The number of benzene rings is 2. The second-order valence-electron chi connectivity index (χ2n) is 7.13. The first-order valence-electron chi connectivity index (χ1n) is 10.5. The zero-order valence-electron chi connectivity index (χ0n) is 19.9. The molecule has 0 aliphatic heterocycles. The molecule has 0 aliphatic carbocycles. The van der Waals surface area contributed by atoms with Crippen molar-refractivity contribution in [3.63, 3.8) is 0 Å². The molecule has 0 saturated heterocycles. The number of thioether (sulfide) groups is 3. The second-order valence-corrected chi connectivity index (χ2v) is 10.4. The van der Waals surface area contributed by atoms with Crippen molar-refractivity contribution >= 4 is 75.3 Å². The van der Waals surface area contributed by atoms with E-state index in [2.05, 4.69) is 10.6 Å². The van der Waals surface area contributed by atoms with Crippen LogP contribution in [0.1, 0.15) is 0 Å². The van der Waals surface area contributed by atoms with Crippen LogP contribution in [0.5, 0.6) is 0 Å². The van der Waals surface area contributed by atoms with Gasteiger partial charge in [0.05, 0.1) is 43.3 Å². The summed E-state index contributed by atoms with van der Waals surface area (Å²) in [5.74, 6) is 1.32. The van der Waals surface area contributed by atoms with Gasteiger partial charge < -0.3 is 15.7 Å². The van der Waals surface area contributed by atoms with Gasteiger partial charge in [0.2, 0.25) is 5.91 Å². The molecule has 0 aromatic heterocycles. The number of non-ortho nitro benzene ring substituents is 4. The molecule has 0 atom stereocenters. The summed E-state index contributed by atoms with van der Waals surface area (Å²) >= 11 is 4.00. The number of carbonyl (C=O) groups is 1. The molecule has 16 nitrogen and oxygen atoms in total. The Balaban J connectivity index is 0.00000800. The van der Waals surface area contributed by atoms with Crippen LogP contribution in [0, 0.1) is 40.5 Å². The number of nitrogens with zero attached hydrogens (tertiary/aromatic N) is 5. The fraction of sp³-hybridized carbons (Fsp3) is 0.250. The van der Waals surface area contributed by atoms with Crippen LogP contribution in [0.2, 0.25) is 0 Å². The Kier molecular flexibility index (Phi) is 15.0. The first-order chi connectivity index (χ1) is 18.5. The van der Waals surface area contributed by atoms with Gasteiger partial charge in [-0.15, -0.1) is 17.4 Å². The van der Waals surface area contributed by atoms with Crippen molar-refractivity contribution in [3.05, 3.63) is 93.5 Å². The van der Waals surface area contributed by atoms with Crippen LogP contribution in [0.3, 0.4) is 0 Å². The van der Waals surface area contributed by atoms with Crippen molar-refractivity contribution in [1.29, 1.82) is 0 Å². The molecule has 0 heterocycles. The maximum Gasteiger partial charge on any atom is 2.00 e. The molecule has 20 heteroatoms. The summed E-state index contributed by atoms with van der Waals surface area (Å²) < 4.78 is 0. The van der Waals surface area contributed by atoms with Crippen LogP contribution in [-0.4, -0.2) is 54.4 Å². The van der Waals surface area contributed by atoms with E-state index in [-0.39, 0.29) is 37.6 Å². The molecule has 0 fully saturated rings. The third kappa shape index (κ3) is 12.2. The monoisotopic (exact) mass is 704 g/mol. The Hall–Kier alpha value is -3.44. The molecular weight excluding hydrogens is 687 g/mol. The van der Waals surface area contributed by atoms with Gasteiger partial charge in [0.15, 0.2) is 0 Å². The molecule has 1 amide bonds. The number of carbonyl (C=O) groups excluding carboxylic acids is 1. The largest absolute Gasteiger partial charge is 2.00 e. The maximum atomic E-state index is 12.1. The van der Waals surface area contributed by atoms with Crippen molar-refractivity contribution in [2.24, 2.45) is 0 Å². The first kappa shape index (κ1) is 34.6. The molecule has 0 bridgehead atoms. The van der Waals surface area contributed by atoms with Gasteiger partial charge in [-0.1, -0.05) is 5.41 Å². The summed E-state index contributed by atoms with van der Waals surface area (Å²) in [6.07, 6.45) is 0. The van der Waals surface area contributed by atoms with Gasteiger partial charge in [-0.3, -0.25) is 45.3 Å². The summed E-state index contributed by atoms with van der Waals surface area (Å²) in [7, 11) is 0. The Morgan fingerprint density at radius 2 is 1.20 bits per heavy atom. The van der Waals surface area contributed by atoms with Crippen molar-refractivity contribution in [1.82, 2.24) is 0 Å². The fourth-order valence-corrected chi connectivity index (χ4v) is 5.42. The van der Waals surface area contributed by atoms with Gasteiger partial charge in [-0.2, -0.15) is 23.5 Å². The van der Waals surface area contributed by atoms with E-state index in [9.17, 15) is 50.4 Å². The van der Waals surface area contributed by atoms with Crippen LogP contribution < -0.4 is 10.4 Å². The zero-order chi connectivity index (χ0) is 28.9. The van der Waals surface area contributed by atoms with Crippen molar-refractivity contribution < 1.29 is 50.0 Å². The minimum absolute atomic E-state index is 0. The summed E-state index contributed by atoms with van der Waals surface area (Å²) in [5.41, 5.74) is -2.37. The quantitative estimate of drug-likeness (QED) is 0.0843. The molecule has 1 N–H and O–H groups in total. The number of rotatable bonds is 16. The molecule has 0 unspecified atom stereocenters. The Morgan fingerprint density at radius 1 is 0.750 bits per heavy atom. The van der Waals surface area contributed by atoms with Gasteiger partial charge in [0, 0.05) is 47.3 Å².